The van der Waals surface area contributed by atoms with Crippen LogP contribution < -0.4 is 5.73 Å². The van der Waals surface area contributed by atoms with Gasteiger partial charge in [0, 0.05) is 12.3 Å². The Bertz CT molecular complexity index is 397. The van der Waals surface area contributed by atoms with Crippen molar-refractivity contribution in [2.24, 2.45) is 23.0 Å². The fourth-order valence-electron chi connectivity index (χ4n) is 2.58. The Kier molecular flexibility index (Phi) is 3.76. The smallest absolute Gasteiger partial charge is 0.226 e. The van der Waals surface area contributed by atoms with Gasteiger partial charge in [-0.05, 0) is 36.6 Å². The van der Waals surface area contributed by atoms with E-state index in [0.717, 1.165) is 31.0 Å². The highest BCUT2D eigenvalue weighted by Gasteiger charge is 2.49. The maximum absolute atomic E-state index is 5.80. The molecule has 1 aliphatic rings. The zero-order chi connectivity index (χ0) is 13.3. The van der Waals surface area contributed by atoms with Gasteiger partial charge < -0.3 is 10.3 Å². The van der Waals surface area contributed by atoms with E-state index in [4.69, 9.17) is 10.3 Å². The lowest BCUT2D eigenvalue weighted by Crippen LogP contribution is -2.19. The third-order valence-electron chi connectivity index (χ3n) is 3.91. The summed E-state index contributed by atoms with van der Waals surface area (Å²) < 4.78 is 5.36. The molecule has 18 heavy (non-hydrogen) atoms. The third-order valence-corrected chi connectivity index (χ3v) is 3.91. The topological polar surface area (TPSA) is 64.9 Å². The lowest BCUT2D eigenvalue weighted by Gasteiger charge is -2.14. The molecule has 1 aromatic heterocycles. The Morgan fingerprint density at radius 1 is 1.44 bits per heavy atom. The summed E-state index contributed by atoms with van der Waals surface area (Å²) >= 11 is 0. The van der Waals surface area contributed by atoms with Gasteiger partial charge in [-0.1, -0.05) is 32.9 Å². The van der Waals surface area contributed by atoms with Gasteiger partial charge in [0.2, 0.25) is 5.89 Å². The minimum atomic E-state index is 0.354. The number of rotatable bonds is 6. The van der Waals surface area contributed by atoms with E-state index < -0.39 is 0 Å². The van der Waals surface area contributed by atoms with E-state index in [1.165, 1.54) is 0 Å². The predicted molar refractivity (Wildman–Crippen MR) is 71.1 cm³/mol. The van der Waals surface area contributed by atoms with Crippen LogP contribution in [0.1, 0.15) is 58.2 Å². The first-order chi connectivity index (χ1) is 8.42. The second-order valence-corrected chi connectivity index (χ2v) is 6.73. The Morgan fingerprint density at radius 2 is 2.11 bits per heavy atom. The Labute approximate surface area is 109 Å². The molecule has 0 spiro atoms. The minimum Gasteiger partial charge on any atom is -0.339 e. The first-order valence-corrected chi connectivity index (χ1v) is 6.95. The van der Waals surface area contributed by atoms with Gasteiger partial charge in [-0.25, -0.2) is 0 Å². The first-order valence-electron chi connectivity index (χ1n) is 6.95. The molecule has 0 amide bonds. The Morgan fingerprint density at radius 3 is 2.61 bits per heavy atom. The molecular weight excluding hydrogens is 226 g/mol. The van der Waals surface area contributed by atoms with Crippen LogP contribution in [0, 0.1) is 17.3 Å². The molecule has 0 saturated heterocycles. The van der Waals surface area contributed by atoms with Gasteiger partial charge in [0.25, 0.3) is 0 Å². The van der Waals surface area contributed by atoms with Crippen molar-refractivity contribution in [2.45, 2.75) is 52.9 Å². The number of hydrogen-bond donors (Lipinski definition) is 1. The fourth-order valence-corrected chi connectivity index (χ4v) is 2.58. The molecule has 102 valence electrons. The van der Waals surface area contributed by atoms with E-state index in [1.807, 2.05) is 0 Å². The zero-order valence-corrected chi connectivity index (χ0v) is 11.9. The van der Waals surface area contributed by atoms with Crippen molar-refractivity contribution in [1.82, 2.24) is 10.1 Å². The van der Waals surface area contributed by atoms with E-state index in [2.05, 4.69) is 37.8 Å². The molecule has 1 heterocycles. The van der Waals surface area contributed by atoms with Crippen LogP contribution in [0.5, 0.6) is 0 Å². The molecule has 1 saturated carbocycles. The molecule has 1 aromatic rings. The summed E-state index contributed by atoms with van der Waals surface area (Å²) in [7, 11) is 0. The van der Waals surface area contributed by atoms with Crippen molar-refractivity contribution >= 4 is 0 Å². The molecule has 0 radical (unpaired) electrons. The molecule has 1 unspecified atom stereocenters. The first kappa shape index (κ1) is 13.5. The maximum atomic E-state index is 5.80. The van der Waals surface area contributed by atoms with Gasteiger partial charge in [-0.3, -0.25) is 0 Å². The predicted octanol–water partition coefficient (Wildman–Crippen LogP) is 2.75. The molecule has 1 aliphatic carbocycles. The van der Waals surface area contributed by atoms with Crippen LogP contribution >= 0.6 is 0 Å². The SMILES string of the molecule is CC(C)C[C@H](CN)Cc1nc(C2CC2(C)C)no1. The van der Waals surface area contributed by atoms with Crippen molar-refractivity contribution in [1.29, 1.82) is 0 Å². The number of nitrogens with zero attached hydrogens (tertiary/aromatic N) is 2. The van der Waals surface area contributed by atoms with E-state index in [-0.39, 0.29) is 0 Å². The van der Waals surface area contributed by atoms with Gasteiger partial charge in [-0.15, -0.1) is 0 Å². The summed E-state index contributed by atoms with van der Waals surface area (Å²) in [5.41, 5.74) is 6.15. The van der Waals surface area contributed by atoms with E-state index in [0.29, 0.717) is 29.7 Å². The number of hydrogen-bond acceptors (Lipinski definition) is 4. The summed E-state index contributed by atoms with van der Waals surface area (Å²) in [4.78, 5) is 4.53. The van der Waals surface area contributed by atoms with Crippen LogP contribution in [0.4, 0.5) is 0 Å². The zero-order valence-electron chi connectivity index (χ0n) is 11.9. The van der Waals surface area contributed by atoms with Gasteiger partial charge in [0.1, 0.15) is 0 Å². The van der Waals surface area contributed by atoms with Crippen molar-refractivity contribution < 1.29 is 4.52 Å². The monoisotopic (exact) mass is 251 g/mol. The quantitative estimate of drug-likeness (QED) is 0.844. The summed E-state index contributed by atoms with van der Waals surface area (Å²) in [6.07, 6.45) is 3.09. The molecule has 0 aliphatic heterocycles. The molecular formula is C14H25N3O. The lowest BCUT2D eigenvalue weighted by atomic mass is 9.94. The highest BCUT2D eigenvalue weighted by atomic mass is 16.5. The average molecular weight is 251 g/mol. The molecule has 2 atom stereocenters. The van der Waals surface area contributed by atoms with Gasteiger partial charge in [0.05, 0.1) is 0 Å². The van der Waals surface area contributed by atoms with Crippen LogP contribution in [-0.4, -0.2) is 16.7 Å². The summed E-state index contributed by atoms with van der Waals surface area (Å²) in [5, 5.41) is 4.11. The minimum absolute atomic E-state index is 0.354. The maximum Gasteiger partial charge on any atom is 0.226 e. The lowest BCUT2D eigenvalue weighted by molar-refractivity contribution is 0.329. The second kappa shape index (κ2) is 5.00. The van der Waals surface area contributed by atoms with E-state index >= 15 is 0 Å². The van der Waals surface area contributed by atoms with Crippen molar-refractivity contribution in [3.63, 3.8) is 0 Å². The van der Waals surface area contributed by atoms with Crippen LogP contribution in [-0.2, 0) is 6.42 Å². The van der Waals surface area contributed by atoms with E-state index in [1.54, 1.807) is 0 Å². The van der Waals surface area contributed by atoms with Crippen molar-refractivity contribution in [3.05, 3.63) is 11.7 Å². The van der Waals surface area contributed by atoms with Crippen LogP contribution in [0.15, 0.2) is 4.52 Å². The highest BCUT2D eigenvalue weighted by molar-refractivity contribution is 5.14. The number of aromatic nitrogens is 2. The largest absolute Gasteiger partial charge is 0.339 e. The van der Waals surface area contributed by atoms with Crippen LogP contribution in [0.3, 0.4) is 0 Å². The third kappa shape index (κ3) is 3.10. The fraction of sp³-hybridized carbons (Fsp3) is 0.857. The van der Waals surface area contributed by atoms with Crippen molar-refractivity contribution in [2.75, 3.05) is 6.54 Å². The molecule has 4 heteroatoms. The molecule has 0 bridgehead atoms. The van der Waals surface area contributed by atoms with Gasteiger partial charge in [0.15, 0.2) is 5.82 Å². The van der Waals surface area contributed by atoms with Crippen LogP contribution in [0.2, 0.25) is 0 Å². The second-order valence-electron chi connectivity index (χ2n) is 6.73. The molecule has 1 fully saturated rings. The summed E-state index contributed by atoms with van der Waals surface area (Å²) in [6.45, 7) is 9.61. The van der Waals surface area contributed by atoms with E-state index in [9.17, 15) is 0 Å². The Balaban J connectivity index is 1.94. The number of nitrogens with two attached hydrogens (primary N) is 1. The Hall–Kier alpha value is -0.900. The average Bonchev–Trinajstić information content (AvgIpc) is 2.73. The summed E-state index contributed by atoms with van der Waals surface area (Å²) in [5.74, 6) is 3.23. The molecule has 2 rings (SSSR count). The van der Waals surface area contributed by atoms with Crippen LogP contribution in [0.25, 0.3) is 0 Å². The molecule has 4 nitrogen and oxygen atoms in total. The molecule has 2 N–H and O–H groups in total. The van der Waals surface area contributed by atoms with Gasteiger partial charge in [-0.2, -0.15) is 4.98 Å². The highest BCUT2D eigenvalue weighted by Crippen LogP contribution is 2.57. The van der Waals surface area contributed by atoms with Crippen molar-refractivity contribution in [3.8, 4) is 0 Å². The standard InChI is InChI=1S/C14H25N3O/c1-9(2)5-10(8-15)6-12-16-13(17-18-12)11-7-14(11,3)4/h9-11H,5-8,15H2,1-4H3/t10-,11?/m0/s1. The normalized spacial score (nSPS) is 23.3. The molecule has 0 aromatic carbocycles. The summed E-state index contributed by atoms with van der Waals surface area (Å²) in [6, 6.07) is 0. The van der Waals surface area contributed by atoms with Gasteiger partial charge >= 0.3 is 0 Å².